The van der Waals surface area contributed by atoms with Crippen molar-refractivity contribution in [2.45, 2.75) is 32.1 Å². The van der Waals surface area contributed by atoms with Crippen LogP contribution in [-0.4, -0.2) is 36.0 Å². The second kappa shape index (κ2) is 10.00. The fraction of sp³-hybridized carbons (Fsp3) is 0.194. The van der Waals surface area contributed by atoms with Crippen molar-refractivity contribution in [1.82, 2.24) is 30.1 Å². The van der Waals surface area contributed by atoms with E-state index in [1.165, 1.54) is 0 Å². The first-order valence-electron chi connectivity index (χ1n) is 13.5. The van der Waals surface area contributed by atoms with Gasteiger partial charge in [0.1, 0.15) is 11.5 Å². The molecule has 2 aliphatic rings. The summed E-state index contributed by atoms with van der Waals surface area (Å²) in [6.07, 6.45) is 15.6. The highest BCUT2D eigenvalue weighted by Crippen LogP contribution is 2.36. The van der Waals surface area contributed by atoms with Gasteiger partial charge in [-0.05, 0) is 43.2 Å². The molecule has 2 aliphatic carbocycles. The molecule has 0 saturated heterocycles. The van der Waals surface area contributed by atoms with E-state index in [0.29, 0.717) is 45.7 Å². The van der Waals surface area contributed by atoms with Gasteiger partial charge < -0.3 is 10.3 Å². The molecule has 1 aromatic carbocycles. The summed E-state index contributed by atoms with van der Waals surface area (Å²) in [5.41, 5.74) is 5.80. The molecular formula is C31H26FN7O. The number of nitrogens with one attached hydrogen (secondary N) is 3. The maximum atomic E-state index is 16.2. The van der Waals surface area contributed by atoms with Crippen LogP contribution in [0.1, 0.15) is 42.8 Å². The predicted molar refractivity (Wildman–Crippen MR) is 152 cm³/mol. The Bertz CT molecular complexity index is 1800. The van der Waals surface area contributed by atoms with Gasteiger partial charge in [-0.1, -0.05) is 37.1 Å². The van der Waals surface area contributed by atoms with E-state index in [1.807, 2.05) is 36.4 Å². The summed E-state index contributed by atoms with van der Waals surface area (Å²) in [7, 11) is 0. The summed E-state index contributed by atoms with van der Waals surface area (Å²) < 4.78 is 16.2. The number of H-pyrrole nitrogens is 2. The molecule has 1 saturated carbocycles. The summed E-state index contributed by atoms with van der Waals surface area (Å²) >= 11 is 0. The highest BCUT2D eigenvalue weighted by molar-refractivity contribution is 5.96. The predicted octanol–water partition coefficient (Wildman–Crippen LogP) is 6.22. The van der Waals surface area contributed by atoms with Crippen LogP contribution in [0.5, 0.6) is 0 Å². The minimum atomic E-state index is -0.436. The Morgan fingerprint density at radius 2 is 1.98 bits per heavy atom. The number of amides is 1. The molecule has 1 fully saturated rings. The number of carbonyl (C=O) groups excluding carboxylic acids is 1. The summed E-state index contributed by atoms with van der Waals surface area (Å²) in [5.74, 6) is 0.0580. The van der Waals surface area contributed by atoms with E-state index < -0.39 is 5.82 Å². The van der Waals surface area contributed by atoms with Gasteiger partial charge in [-0.2, -0.15) is 5.10 Å². The number of rotatable bonds is 5. The number of hydrogen-bond acceptors (Lipinski definition) is 5. The summed E-state index contributed by atoms with van der Waals surface area (Å²) in [6.45, 7) is 0. The molecule has 5 aromatic rings. The Morgan fingerprint density at radius 1 is 1.07 bits per heavy atom. The average molecular weight is 532 g/mol. The molecule has 9 heteroatoms. The lowest BCUT2D eigenvalue weighted by molar-refractivity contribution is -0.119. The Hall–Kier alpha value is -4.92. The number of halogens is 1. The largest absolute Gasteiger partial charge is 0.340 e. The van der Waals surface area contributed by atoms with Crippen LogP contribution in [0.25, 0.3) is 39.1 Å². The molecule has 198 valence electrons. The molecule has 0 bridgehead atoms. The highest BCUT2D eigenvalue weighted by Gasteiger charge is 2.25. The van der Waals surface area contributed by atoms with Gasteiger partial charge in [0.05, 0.1) is 34.2 Å². The maximum absolute atomic E-state index is 16.2. The standard InChI is InChI=1S/C31H26FN7O/c32-27-21(19-15-20(17-33-16-19)35-31(40)18-7-1-2-8-18)12-13-24-26(27)29(39-38-24)30-36-25-11-4-3-9-22(28(25)37-30)23-10-5-6-14-34-23/h3-6,9-10,12-18H,1-2,7-8,11H2,(H,35,40)(H,36,37)(H,38,39). The fourth-order valence-electron chi connectivity index (χ4n) is 5.60. The topological polar surface area (TPSA) is 112 Å². The number of pyridine rings is 2. The van der Waals surface area contributed by atoms with E-state index in [-0.39, 0.29) is 11.8 Å². The Labute approximate surface area is 229 Å². The van der Waals surface area contributed by atoms with Crippen molar-refractivity contribution >= 4 is 28.1 Å². The molecule has 0 spiro atoms. The van der Waals surface area contributed by atoms with Gasteiger partial charge in [-0.3, -0.25) is 19.9 Å². The van der Waals surface area contributed by atoms with Gasteiger partial charge in [0.15, 0.2) is 5.82 Å². The highest BCUT2D eigenvalue weighted by atomic mass is 19.1. The number of imidazole rings is 1. The van der Waals surface area contributed by atoms with Crippen LogP contribution in [0, 0.1) is 11.7 Å². The lowest BCUT2D eigenvalue weighted by atomic mass is 10.0. The van der Waals surface area contributed by atoms with Gasteiger partial charge >= 0.3 is 0 Å². The summed E-state index contributed by atoms with van der Waals surface area (Å²) in [4.78, 5) is 29.7. The van der Waals surface area contributed by atoms with Crippen molar-refractivity contribution in [3.05, 3.63) is 96.1 Å². The molecular weight excluding hydrogens is 505 g/mol. The summed E-state index contributed by atoms with van der Waals surface area (Å²) in [5, 5.41) is 10.7. The van der Waals surface area contributed by atoms with Crippen LogP contribution in [0.15, 0.2) is 73.2 Å². The fourth-order valence-corrected chi connectivity index (χ4v) is 5.60. The molecule has 0 atom stereocenters. The van der Waals surface area contributed by atoms with Crippen LogP contribution in [0.3, 0.4) is 0 Å². The first-order valence-corrected chi connectivity index (χ1v) is 13.5. The molecule has 40 heavy (non-hydrogen) atoms. The number of nitrogens with zero attached hydrogens (tertiary/aromatic N) is 4. The maximum Gasteiger partial charge on any atom is 0.227 e. The molecule has 4 heterocycles. The molecule has 3 N–H and O–H groups in total. The third kappa shape index (κ3) is 4.29. The minimum Gasteiger partial charge on any atom is -0.340 e. The third-order valence-corrected chi connectivity index (χ3v) is 7.63. The molecule has 8 nitrogen and oxygen atoms in total. The SMILES string of the molecule is O=C(Nc1cncc(-c2ccc3[nH]nc(-c4nc5c([nH]4)CC=CC=C5c4ccccn4)c3c2F)c1)C1CCCC1. The van der Waals surface area contributed by atoms with Crippen LogP contribution in [0.2, 0.25) is 0 Å². The van der Waals surface area contributed by atoms with Gasteiger partial charge in [-0.15, -0.1) is 0 Å². The van der Waals surface area contributed by atoms with Gasteiger partial charge in [0, 0.05) is 47.1 Å². The van der Waals surface area contributed by atoms with Gasteiger partial charge in [-0.25, -0.2) is 9.37 Å². The first-order chi connectivity index (χ1) is 19.7. The van der Waals surface area contributed by atoms with Crippen molar-refractivity contribution in [3.8, 4) is 22.6 Å². The number of aromatic amines is 2. The molecule has 0 radical (unpaired) electrons. The average Bonchev–Trinajstić information content (AvgIpc) is 3.73. The minimum absolute atomic E-state index is 0.00366. The zero-order valence-corrected chi connectivity index (χ0v) is 21.6. The number of anilines is 1. The zero-order valence-electron chi connectivity index (χ0n) is 21.6. The monoisotopic (exact) mass is 531 g/mol. The summed E-state index contributed by atoms with van der Waals surface area (Å²) in [6, 6.07) is 11.0. The first kappa shape index (κ1) is 24.1. The van der Waals surface area contributed by atoms with Gasteiger partial charge in [0.25, 0.3) is 0 Å². The number of allylic oxidation sites excluding steroid dienone is 3. The smallest absolute Gasteiger partial charge is 0.227 e. The van der Waals surface area contributed by atoms with E-state index in [1.54, 1.807) is 36.8 Å². The Kier molecular flexibility index (Phi) is 6.03. The van der Waals surface area contributed by atoms with Crippen LogP contribution in [0.4, 0.5) is 10.1 Å². The van der Waals surface area contributed by atoms with Crippen molar-refractivity contribution in [2.75, 3.05) is 5.32 Å². The lowest BCUT2D eigenvalue weighted by Gasteiger charge is -2.11. The lowest BCUT2D eigenvalue weighted by Crippen LogP contribution is -2.20. The Morgan fingerprint density at radius 3 is 2.83 bits per heavy atom. The number of fused-ring (bicyclic) bond motifs is 2. The Balaban J connectivity index is 1.26. The molecule has 4 aromatic heterocycles. The zero-order chi connectivity index (χ0) is 27.1. The van der Waals surface area contributed by atoms with Crippen LogP contribution in [-0.2, 0) is 11.2 Å². The number of hydrogen-bond donors (Lipinski definition) is 3. The molecule has 0 aliphatic heterocycles. The van der Waals surface area contributed by atoms with E-state index in [4.69, 9.17) is 4.98 Å². The third-order valence-electron chi connectivity index (χ3n) is 7.63. The van der Waals surface area contributed by atoms with Crippen LogP contribution >= 0.6 is 0 Å². The van der Waals surface area contributed by atoms with E-state index in [9.17, 15) is 4.79 Å². The molecule has 7 rings (SSSR count). The van der Waals surface area contributed by atoms with Gasteiger partial charge in [0.2, 0.25) is 5.91 Å². The normalized spacial score (nSPS) is 15.2. The van der Waals surface area contributed by atoms with Crippen molar-refractivity contribution in [3.63, 3.8) is 0 Å². The second-order valence-corrected chi connectivity index (χ2v) is 10.2. The van der Waals surface area contributed by atoms with E-state index >= 15 is 4.39 Å². The van der Waals surface area contributed by atoms with Crippen molar-refractivity contribution in [1.29, 1.82) is 0 Å². The van der Waals surface area contributed by atoms with E-state index in [2.05, 4.69) is 30.5 Å². The number of carbonyl (C=O) groups is 1. The number of benzene rings is 1. The van der Waals surface area contributed by atoms with Crippen molar-refractivity contribution < 1.29 is 9.18 Å². The van der Waals surface area contributed by atoms with E-state index in [0.717, 1.165) is 48.3 Å². The second-order valence-electron chi connectivity index (χ2n) is 10.2. The molecule has 1 amide bonds. The number of aromatic nitrogens is 6. The quantitative estimate of drug-likeness (QED) is 0.249. The molecule has 0 unspecified atom stereocenters. The van der Waals surface area contributed by atoms with Crippen LogP contribution < -0.4 is 5.32 Å². The van der Waals surface area contributed by atoms with Crippen molar-refractivity contribution in [2.24, 2.45) is 5.92 Å².